The molecule has 7 nitrogen and oxygen atoms in total. The number of aromatic nitrogens is 3. The Hall–Kier alpha value is -3.00. The van der Waals surface area contributed by atoms with Gasteiger partial charge in [-0.1, -0.05) is 12.1 Å². The van der Waals surface area contributed by atoms with E-state index in [0.717, 1.165) is 30.8 Å². The van der Waals surface area contributed by atoms with Crippen LogP contribution in [0.25, 0.3) is 5.65 Å². The molecule has 1 saturated heterocycles. The van der Waals surface area contributed by atoms with Crippen LogP contribution in [-0.4, -0.2) is 40.8 Å². The molecule has 1 aliphatic heterocycles. The number of nitrogens with one attached hydrogen (secondary N) is 1. The van der Waals surface area contributed by atoms with E-state index >= 15 is 0 Å². The zero-order valence-electron chi connectivity index (χ0n) is 14.9. The van der Waals surface area contributed by atoms with E-state index in [-0.39, 0.29) is 24.4 Å². The fourth-order valence-corrected chi connectivity index (χ4v) is 3.51. The topological polar surface area (TPSA) is 71.8 Å². The average molecular weight is 369 g/mol. The van der Waals surface area contributed by atoms with Crippen molar-refractivity contribution in [1.82, 2.24) is 14.6 Å². The largest absolute Gasteiger partial charge is 0.375 e. The zero-order valence-corrected chi connectivity index (χ0v) is 14.9. The van der Waals surface area contributed by atoms with Gasteiger partial charge in [0.15, 0.2) is 11.5 Å². The SMILES string of the molecule is COCC(=O)Nc1cnc2ccc(N3CCC[C@@H]3c3cccc(F)c3)nn12. The van der Waals surface area contributed by atoms with Crippen LogP contribution in [0, 0.1) is 5.82 Å². The number of imidazole rings is 1. The van der Waals surface area contributed by atoms with Gasteiger partial charge in [0, 0.05) is 13.7 Å². The van der Waals surface area contributed by atoms with Crippen LogP contribution in [0.15, 0.2) is 42.6 Å². The molecule has 1 N–H and O–H groups in total. The third kappa shape index (κ3) is 3.48. The molecule has 27 heavy (non-hydrogen) atoms. The van der Waals surface area contributed by atoms with Gasteiger partial charge in [-0.05, 0) is 42.7 Å². The smallest absolute Gasteiger partial charge is 0.251 e. The van der Waals surface area contributed by atoms with Crippen LogP contribution in [0.2, 0.25) is 0 Å². The van der Waals surface area contributed by atoms with E-state index in [1.165, 1.54) is 13.2 Å². The normalized spacial score (nSPS) is 16.8. The molecule has 140 valence electrons. The second-order valence-electron chi connectivity index (χ2n) is 6.49. The quantitative estimate of drug-likeness (QED) is 0.749. The van der Waals surface area contributed by atoms with E-state index in [1.807, 2.05) is 18.2 Å². The molecule has 2 aromatic heterocycles. The fourth-order valence-electron chi connectivity index (χ4n) is 3.51. The van der Waals surface area contributed by atoms with Gasteiger partial charge in [0.1, 0.15) is 18.2 Å². The van der Waals surface area contributed by atoms with Crippen molar-refractivity contribution in [3.8, 4) is 0 Å². The molecule has 0 unspecified atom stereocenters. The van der Waals surface area contributed by atoms with E-state index in [1.54, 1.807) is 22.8 Å². The first kappa shape index (κ1) is 17.4. The Kier molecular flexibility index (Phi) is 4.72. The van der Waals surface area contributed by atoms with Crippen LogP contribution >= 0.6 is 0 Å². The number of benzene rings is 1. The van der Waals surface area contributed by atoms with Crippen molar-refractivity contribution in [2.75, 3.05) is 30.5 Å². The Labute approximate surface area is 155 Å². The Bertz CT molecular complexity index is 974. The number of amides is 1. The fraction of sp³-hybridized carbons (Fsp3) is 0.316. The standard InChI is InChI=1S/C19H20FN5O2/c1-27-12-19(26)22-18-11-21-16-7-8-17(23-25(16)18)24-9-3-6-15(24)13-4-2-5-14(20)10-13/h2,4-5,7-8,10-11,15H,3,6,9,12H2,1H3,(H,22,26)/t15-/m1/s1. The van der Waals surface area contributed by atoms with Gasteiger partial charge >= 0.3 is 0 Å². The number of anilines is 2. The monoisotopic (exact) mass is 369 g/mol. The first-order valence-electron chi connectivity index (χ1n) is 8.81. The third-order valence-corrected chi connectivity index (χ3v) is 4.67. The first-order valence-corrected chi connectivity index (χ1v) is 8.81. The number of hydrogen-bond acceptors (Lipinski definition) is 5. The van der Waals surface area contributed by atoms with Gasteiger partial charge in [0.05, 0.1) is 12.2 Å². The van der Waals surface area contributed by atoms with E-state index < -0.39 is 0 Å². The highest BCUT2D eigenvalue weighted by molar-refractivity contribution is 5.91. The molecule has 0 bridgehead atoms. The highest BCUT2D eigenvalue weighted by Gasteiger charge is 2.28. The van der Waals surface area contributed by atoms with Crippen LogP contribution in [0.1, 0.15) is 24.4 Å². The predicted molar refractivity (Wildman–Crippen MR) is 99.2 cm³/mol. The predicted octanol–water partition coefficient (Wildman–Crippen LogP) is 2.79. The zero-order chi connectivity index (χ0) is 18.8. The molecule has 0 spiro atoms. The van der Waals surface area contributed by atoms with E-state index in [9.17, 15) is 9.18 Å². The Morgan fingerprint density at radius 3 is 3.07 bits per heavy atom. The minimum absolute atomic E-state index is 0.0410. The highest BCUT2D eigenvalue weighted by Crippen LogP contribution is 2.35. The molecule has 8 heteroatoms. The van der Waals surface area contributed by atoms with E-state index in [2.05, 4.69) is 20.3 Å². The Balaban J connectivity index is 1.65. The number of carbonyl (C=O) groups excluding carboxylic acids is 1. The van der Waals surface area contributed by atoms with Crippen molar-refractivity contribution >= 4 is 23.2 Å². The number of rotatable bonds is 5. The van der Waals surface area contributed by atoms with Gasteiger partial charge in [0.25, 0.3) is 5.91 Å². The van der Waals surface area contributed by atoms with E-state index in [4.69, 9.17) is 4.74 Å². The van der Waals surface area contributed by atoms with Gasteiger partial charge in [-0.15, -0.1) is 5.10 Å². The summed E-state index contributed by atoms with van der Waals surface area (Å²) in [4.78, 5) is 18.2. The molecule has 1 aromatic carbocycles. The van der Waals surface area contributed by atoms with Crippen molar-refractivity contribution in [2.24, 2.45) is 0 Å². The second kappa shape index (κ2) is 7.32. The Morgan fingerprint density at radius 1 is 1.37 bits per heavy atom. The number of nitrogens with zero attached hydrogens (tertiary/aromatic N) is 4. The molecular formula is C19H20FN5O2. The summed E-state index contributed by atoms with van der Waals surface area (Å²) in [5.74, 6) is 0.732. The molecule has 1 atom stereocenters. The maximum atomic E-state index is 13.7. The minimum atomic E-state index is -0.273. The van der Waals surface area contributed by atoms with Crippen molar-refractivity contribution in [1.29, 1.82) is 0 Å². The molecule has 3 aromatic rings. The van der Waals surface area contributed by atoms with Gasteiger partial charge in [-0.25, -0.2) is 9.37 Å². The minimum Gasteiger partial charge on any atom is -0.375 e. The maximum Gasteiger partial charge on any atom is 0.251 e. The lowest BCUT2D eigenvalue weighted by Gasteiger charge is -2.26. The van der Waals surface area contributed by atoms with E-state index in [0.29, 0.717) is 11.5 Å². The first-order chi connectivity index (χ1) is 13.2. The van der Waals surface area contributed by atoms with Crippen molar-refractivity contribution in [3.63, 3.8) is 0 Å². The summed E-state index contributed by atoms with van der Waals surface area (Å²) in [7, 11) is 1.46. The highest BCUT2D eigenvalue weighted by atomic mass is 19.1. The van der Waals surface area contributed by atoms with Crippen LogP contribution in [0.3, 0.4) is 0 Å². The number of fused-ring (bicyclic) bond motifs is 1. The van der Waals surface area contributed by atoms with Crippen molar-refractivity contribution in [2.45, 2.75) is 18.9 Å². The van der Waals surface area contributed by atoms with Crippen molar-refractivity contribution in [3.05, 3.63) is 54.0 Å². The summed E-state index contributed by atoms with van der Waals surface area (Å²) in [6, 6.07) is 10.5. The lowest BCUT2D eigenvalue weighted by atomic mass is 10.0. The molecule has 0 saturated carbocycles. The lowest BCUT2D eigenvalue weighted by Crippen LogP contribution is -2.24. The number of halogens is 1. The molecular weight excluding hydrogens is 349 g/mol. The van der Waals surface area contributed by atoms with Crippen LogP contribution in [-0.2, 0) is 9.53 Å². The van der Waals surface area contributed by atoms with Gasteiger partial charge < -0.3 is 15.0 Å². The summed E-state index contributed by atoms with van der Waals surface area (Å²) >= 11 is 0. The molecule has 1 aliphatic rings. The third-order valence-electron chi connectivity index (χ3n) is 4.67. The van der Waals surface area contributed by atoms with Gasteiger partial charge in [-0.2, -0.15) is 4.52 Å². The summed E-state index contributed by atoms with van der Waals surface area (Å²) in [6.45, 7) is 0.792. The lowest BCUT2D eigenvalue weighted by molar-refractivity contribution is -0.119. The number of hydrogen-bond donors (Lipinski definition) is 1. The summed E-state index contributed by atoms with van der Waals surface area (Å²) in [5.41, 5.74) is 1.57. The van der Waals surface area contributed by atoms with Gasteiger partial charge in [0.2, 0.25) is 0 Å². The maximum absolute atomic E-state index is 13.7. The van der Waals surface area contributed by atoms with Gasteiger partial charge in [-0.3, -0.25) is 4.79 Å². The molecule has 0 aliphatic carbocycles. The van der Waals surface area contributed by atoms with Crippen LogP contribution < -0.4 is 10.2 Å². The summed E-state index contributed by atoms with van der Waals surface area (Å²) < 4.78 is 20.1. The van der Waals surface area contributed by atoms with Crippen molar-refractivity contribution < 1.29 is 13.9 Å². The van der Waals surface area contributed by atoms with Crippen LogP contribution in [0.4, 0.5) is 16.0 Å². The molecule has 0 radical (unpaired) electrons. The molecule has 3 heterocycles. The summed E-state index contributed by atoms with van der Waals surface area (Å²) in [5, 5.41) is 7.40. The summed E-state index contributed by atoms with van der Waals surface area (Å²) in [6.07, 6.45) is 3.50. The number of methoxy groups -OCH3 is 1. The number of ether oxygens (including phenoxy) is 1. The average Bonchev–Trinajstić information content (AvgIpc) is 3.29. The molecule has 1 fully saturated rings. The number of carbonyl (C=O) groups is 1. The Morgan fingerprint density at radius 2 is 2.26 bits per heavy atom. The van der Waals surface area contributed by atoms with Crippen LogP contribution in [0.5, 0.6) is 0 Å². The molecule has 1 amide bonds. The second-order valence-corrected chi connectivity index (χ2v) is 6.49. The molecule has 4 rings (SSSR count).